The molecule has 3 aliphatic heterocycles. The summed E-state index contributed by atoms with van der Waals surface area (Å²) in [6.45, 7) is 6.98. The van der Waals surface area contributed by atoms with Gasteiger partial charge in [-0.25, -0.2) is 0 Å². The standard InChI is InChI=1S/C24H37N3O3/c1-25-11-7-21(8-12-25)26-14-9-22(10-15-26)30-23-5-3-4-20(16-23)24(28)27-13-6-19(17-27)18-29-2/h3-5,16,19,21-22H,6-15,17-18H2,1-2H3. The van der Waals surface area contributed by atoms with Crippen molar-refractivity contribution < 1.29 is 14.3 Å². The lowest BCUT2D eigenvalue weighted by Gasteiger charge is -2.41. The van der Waals surface area contributed by atoms with E-state index in [1.165, 1.54) is 25.9 Å². The van der Waals surface area contributed by atoms with Gasteiger partial charge >= 0.3 is 0 Å². The Kier molecular flexibility index (Phi) is 7.28. The van der Waals surface area contributed by atoms with Gasteiger partial charge in [0.2, 0.25) is 0 Å². The van der Waals surface area contributed by atoms with Gasteiger partial charge in [-0.3, -0.25) is 4.79 Å². The van der Waals surface area contributed by atoms with Gasteiger partial charge in [0, 0.05) is 50.8 Å². The highest BCUT2D eigenvalue weighted by Crippen LogP contribution is 2.25. The Morgan fingerprint density at radius 1 is 1.03 bits per heavy atom. The third-order valence-electron chi connectivity index (χ3n) is 7.04. The Hall–Kier alpha value is -1.63. The molecule has 0 radical (unpaired) electrons. The molecule has 3 heterocycles. The van der Waals surface area contributed by atoms with Crippen molar-refractivity contribution in [1.82, 2.24) is 14.7 Å². The fourth-order valence-corrected chi connectivity index (χ4v) is 5.19. The molecule has 0 aliphatic carbocycles. The van der Waals surface area contributed by atoms with Crippen LogP contribution in [0.5, 0.6) is 5.75 Å². The molecule has 3 aliphatic rings. The molecule has 3 fully saturated rings. The van der Waals surface area contributed by atoms with Crippen LogP contribution in [0.25, 0.3) is 0 Å². The minimum atomic E-state index is 0.108. The van der Waals surface area contributed by atoms with Crippen molar-refractivity contribution in [3.05, 3.63) is 29.8 Å². The molecular formula is C24H37N3O3. The van der Waals surface area contributed by atoms with Gasteiger partial charge in [-0.05, 0) is 70.4 Å². The molecule has 3 saturated heterocycles. The van der Waals surface area contributed by atoms with Gasteiger partial charge in [-0.2, -0.15) is 0 Å². The van der Waals surface area contributed by atoms with Gasteiger partial charge in [0.25, 0.3) is 5.91 Å². The topological polar surface area (TPSA) is 45.2 Å². The van der Waals surface area contributed by atoms with E-state index in [9.17, 15) is 4.79 Å². The number of likely N-dealkylation sites (tertiary alicyclic amines) is 3. The molecule has 166 valence electrons. The zero-order valence-corrected chi connectivity index (χ0v) is 18.6. The van der Waals surface area contributed by atoms with Crippen LogP contribution >= 0.6 is 0 Å². The first kappa shape index (κ1) is 21.6. The molecule has 6 nitrogen and oxygen atoms in total. The molecule has 0 bridgehead atoms. The number of carbonyl (C=O) groups is 1. The second-order valence-corrected chi connectivity index (χ2v) is 9.28. The van der Waals surface area contributed by atoms with Crippen LogP contribution < -0.4 is 4.74 Å². The van der Waals surface area contributed by atoms with Gasteiger partial charge < -0.3 is 24.2 Å². The van der Waals surface area contributed by atoms with E-state index in [0.29, 0.717) is 5.92 Å². The Labute approximate surface area is 181 Å². The van der Waals surface area contributed by atoms with Gasteiger partial charge in [-0.1, -0.05) is 6.07 Å². The molecule has 1 aromatic rings. The molecule has 1 amide bonds. The first-order valence-electron chi connectivity index (χ1n) is 11.6. The van der Waals surface area contributed by atoms with Crippen LogP contribution in [0.3, 0.4) is 0 Å². The quantitative estimate of drug-likeness (QED) is 0.715. The summed E-state index contributed by atoms with van der Waals surface area (Å²) in [7, 11) is 3.94. The third-order valence-corrected chi connectivity index (χ3v) is 7.04. The zero-order chi connectivity index (χ0) is 20.9. The molecule has 1 aromatic carbocycles. The largest absolute Gasteiger partial charge is 0.490 e. The van der Waals surface area contributed by atoms with E-state index in [1.807, 2.05) is 29.2 Å². The number of ether oxygens (including phenoxy) is 2. The summed E-state index contributed by atoms with van der Waals surface area (Å²) in [6.07, 6.45) is 5.97. The van der Waals surface area contributed by atoms with Gasteiger partial charge in [0.15, 0.2) is 0 Å². The molecule has 1 atom stereocenters. The van der Waals surface area contributed by atoms with Crippen molar-refractivity contribution in [2.75, 3.05) is 60.0 Å². The van der Waals surface area contributed by atoms with Gasteiger partial charge in [0.05, 0.1) is 6.61 Å². The maximum atomic E-state index is 12.9. The van der Waals surface area contributed by atoms with E-state index >= 15 is 0 Å². The van der Waals surface area contributed by atoms with E-state index < -0.39 is 0 Å². The summed E-state index contributed by atoms with van der Waals surface area (Å²) >= 11 is 0. The summed E-state index contributed by atoms with van der Waals surface area (Å²) in [4.78, 5) is 19.9. The second-order valence-electron chi connectivity index (χ2n) is 9.28. The summed E-state index contributed by atoms with van der Waals surface area (Å²) in [5, 5.41) is 0. The summed E-state index contributed by atoms with van der Waals surface area (Å²) < 4.78 is 11.5. The van der Waals surface area contributed by atoms with Gasteiger partial charge in [-0.15, -0.1) is 0 Å². The maximum Gasteiger partial charge on any atom is 0.253 e. The number of piperidine rings is 2. The number of carbonyl (C=O) groups excluding carboxylic acids is 1. The first-order valence-corrected chi connectivity index (χ1v) is 11.6. The first-order chi connectivity index (χ1) is 14.6. The normalized spacial score (nSPS) is 25.0. The monoisotopic (exact) mass is 415 g/mol. The van der Waals surface area contributed by atoms with Crippen LogP contribution in [0.4, 0.5) is 0 Å². The van der Waals surface area contributed by atoms with E-state index in [4.69, 9.17) is 9.47 Å². The Morgan fingerprint density at radius 3 is 2.53 bits per heavy atom. The predicted octanol–water partition coefficient (Wildman–Crippen LogP) is 2.73. The molecule has 30 heavy (non-hydrogen) atoms. The van der Waals surface area contributed by atoms with Crippen molar-refractivity contribution in [3.63, 3.8) is 0 Å². The molecule has 1 unspecified atom stereocenters. The smallest absolute Gasteiger partial charge is 0.253 e. The highest BCUT2D eigenvalue weighted by Gasteiger charge is 2.29. The third kappa shape index (κ3) is 5.34. The summed E-state index contributed by atoms with van der Waals surface area (Å²) in [5.74, 6) is 1.38. The molecule has 4 rings (SSSR count). The number of rotatable bonds is 6. The summed E-state index contributed by atoms with van der Waals surface area (Å²) in [6, 6.07) is 8.50. The van der Waals surface area contributed by atoms with Crippen LogP contribution in [0.15, 0.2) is 24.3 Å². The number of methoxy groups -OCH3 is 1. The number of benzene rings is 1. The molecule has 0 spiro atoms. The van der Waals surface area contributed by atoms with Crippen molar-refractivity contribution in [2.45, 2.75) is 44.2 Å². The van der Waals surface area contributed by atoms with Crippen molar-refractivity contribution in [2.24, 2.45) is 5.92 Å². The fourth-order valence-electron chi connectivity index (χ4n) is 5.19. The molecule has 0 saturated carbocycles. The molecular weight excluding hydrogens is 378 g/mol. The average Bonchev–Trinajstić information content (AvgIpc) is 3.23. The minimum Gasteiger partial charge on any atom is -0.490 e. The Morgan fingerprint density at radius 2 is 1.80 bits per heavy atom. The SMILES string of the molecule is COCC1CCN(C(=O)c2cccc(OC3CCN(C4CCN(C)CC4)CC3)c2)C1. The summed E-state index contributed by atoms with van der Waals surface area (Å²) in [5.41, 5.74) is 0.731. The van der Waals surface area contributed by atoms with E-state index in [-0.39, 0.29) is 12.0 Å². The number of amides is 1. The fraction of sp³-hybridized carbons (Fsp3) is 0.708. The lowest BCUT2D eigenvalue weighted by atomic mass is 9.99. The molecule has 6 heteroatoms. The zero-order valence-electron chi connectivity index (χ0n) is 18.6. The van der Waals surface area contributed by atoms with E-state index in [0.717, 1.165) is 69.4 Å². The minimum absolute atomic E-state index is 0.108. The predicted molar refractivity (Wildman–Crippen MR) is 118 cm³/mol. The molecule has 0 N–H and O–H groups in total. The van der Waals surface area contributed by atoms with Crippen molar-refractivity contribution in [3.8, 4) is 5.75 Å². The highest BCUT2D eigenvalue weighted by atomic mass is 16.5. The number of nitrogens with zero attached hydrogens (tertiary/aromatic N) is 3. The van der Waals surface area contributed by atoms with Crippen LogP contribution in [0.1, 0.15) is 42.5 Å². The average molecular weight is 416 g/mol. The Balaban J connectivity index is 1.27. The van der Waals surface area contributed by atoms with Crippen molar-refractivity contribution in [1.29, 1.82) is 0 Å². The van der Waals surface area contributed by atoms with E-state index in [1.54, 1.807) is 7.11 Å². The molecule has 0 aromatic heterocycles. The Bertz CT molecular complexity index is 697. The van der Waals surface area contributed by atoms with Crippen LogP contribution in [-0.4, -0.2) is 92.8 Å². The lowest BCUT2D eigenvalue weighted by Crippen LogP contribution is -2.48. The van der Waals surface area contributed by atoms with Crippen LogP contribution in [0.2, 0.25) is 0 Å². The van der Waals surface area contributed by atoms with Crippen molar-refractivity contribution >= 4 is 5.91 Å². The highest BCUT2D eigenvalue weighted by molar-refractivity contribution is 5.94. The van der Waals surface area contributed by atoms with Crippen LogP contribution in [-0.2, 0) is 4.74 Å². The second kappa shape index (κ2) is 10.1. The number of hydrogen-bond acceptors (Lipinski definition) is 5. The lowest BCUT2D eigenvalue weighted by molar-refractivity contribution is 0.0524. The van der Waals surface area contributed by atoms with Crippen LogP contribution in [0, 0.1) is 5.92 Å². The maximum absolute atomic E-state index is 12.9. The van der Waals surface area contributed by atoms with Gasteiger partial charge in [0.1, 0.15) is 11.9 Å². The van der Waals surface area contributed by atoms with E-state index in [2.05, 4.69) is 16.8 Å². The number of hydrogen-bond donors (Lipinski definition) is 0.